The molecule has 3 N–H and O–H groups in total. The molecule has 34 heavy (non-hydrogen) atoms. The standard InChI is InChI=1S/C27H34N2O5/c1-19(10-9-15-25(30)28-17-8-2-3-16-26(31)32)29-27(33)34-18-24-22-13-6-4-11-20(22)21-12-5-7-14-23(21)24/h4-7,11-14,19,24H,2-3,8-10,15-18H2,1H3,(H,28,30)(H,29,33)(H,31,32). The summed E-state index contributed by atoms with van der Waals surface area (Å²) in [4.78, 5) is 34.7. The Hall–Kier alpha value is -3.35. The van der Waals surface area contributed by atoms with Gasteiger partial charge in [-0.15, -0.1) is 0 Å². The minimum atomic E-state index is -0.787. The Morgan fingerprint density at radius 1 is 0.912 bits per heavy atom. The highest BCUT2D eigenvalue weighted by Crippen LogP contribution is 2.44. The lowest BCUT2D eigenvalue weighted by Gasteiger charge is -2.17. The highest BCUT2D eigenvalue weighted by molar-refractivity contribution is 5.79. The third kappa shape index (κ3) is 7.33. The van der Waals surface area contributed by atoms with Crippen molar-refractivity contribution in [3.05, 3.63) is 59.7 Å². The van der Waals surface area contributed by atoms with E-state index in [0.29, 0.717) is 32.2 Å². The van der Waals surface area contributed by atoms with Gasteiger partial charge in [-0.2, -0.15) is 0 Å². The first-order chi connectivity index (χ1) is 16.5. The molecule has 1 aliphatic carbocycles. The molecule has 0 saturated carbocycles. The Balaban J connectivity index is 1.32. The molecule has 0 spiro atoms. The molecular formula is C27H34N2O5. The molecule has 7 heteroatoms. The molecule has 0 heterocycles. The largest absolute Gasteiger partial charge is 0.481 e. The van der Waals surface area contributed by atoms with E-state index < -0.39 is 12.1 Å². The van der Waals surface area contributed by atoms with Gasteiger partial charge in [0.05, 0.1) is 0 Å². The maximum atomic E-state index is 12.4. The van der Waals surface area contributed by atoms with E-state index in [1.165, 1.54) is 22.3 Å². The van der Waals surface area contributed by atoms with Crippen molar-refractivity contribution in [3.63, 3.8) is 0 Å². The topological polar surface area (TPSA) is 105 Å². The van der Waals surface area contributed by atoms with E-state index in [2.05, 4.69) is 34.9 Å². The third-order valence-electron chi connectivity index (χ3n) is 6.14. The molecule has 182 valence electrons. The number of carbonyl (C=O) groups is 3. The molecule has 0 saturated heterocycles. The summed E-state index contributed by atoms with van der Waals surface area (Å²) >= 11 is 0. The Labute approximate surface area is 200 Å². The minimum Gasteiger partial charge on any atom is -0.481 e. The van der Waals surface area contributed by atoms with E-state index in [1.54, 1.807) is 0 Å². The molecular weight excluding hydrogens is 432 g/mol. The number of hydrogen-bond acceptors (Lipinski definition) is 4. The van der Waals surface area contributed by atoms with E-state index in [4.69, 9.17) is 9.84 Å². The fourth-order valence-electron chi connectivity index (χ4n) is 4.38. The van der Waals surface area contributed by atoms with Crippen LogP contribution in [0, 0.1) is 0 Å². The van der Waals surface area contributed by atoms with E-state index >= 15 is 0 Å². The highest BCUT2D eigenvalue weighted by atomic mass is 16.5. The molecule has 2 aromatic rings. The molecule has 2 aromatic carbocycles. The molecule has 0 aliphatic heterocycles. The number of unbranched alkanes of at least 4 members (excludes halogenated alkanes) is 2. The van der Waals surface area contributed by atoms with Gasteiger partial charge in [0.2, 0.25) is 5.91 Å². The average Bonchev–Trinajstić information content (AvgIpc) is 3.13. The van der Waals surface area contributed by atoms with Crippen molar-refractivity contribution in [1.82, 2.24) is 10.6 Å². The lowest BCUT2D eigenvalue weighted by molar-refractivity contribution is -0.137. The van der Waals surface area contributed by atoms with Crippen molar-refractivity contribution in [2.45, 2.75) is 63.8 Å². The first-order valence-electron chi connectivity index (χ1n) is 12.1. The second-order valence-corrected chi connectivity index (χ2v) is 8.82. The zero-order valence-electron chi connectivity index (χ0n) is 19.7. The number of alkyl carbamates (subject to hydrolysis) is 1. The summed E-state index contributed by atoms with van der Waals surface area (Å²) in [5.74, 6) is -0.780. The Morgan fingerprint density at radius 3 is 2.21 bits per heavy atom. The van der Waals surface area contributed by atoms with Crippen molar-refractivity contribution in [2.75, 3.05) is 13.2 Å². The van der Waals surface area contributed by atoms with Gasteiger partial charge in [0, 0.05) is 31.3 Å². The summed E-state index contributed by atoms with van der Waals surface area (Å²) in [6.45, 7) is 2.75. The normalized spacial score (nSPS) is 13.0. The fraction of sp³-hybridized carbons (Fsp3) is 0.444. The molecule has 0 fully saturated rings. The van der Waals surface area contributed by atoms with Gasteiger partial charge in [-0.1, -0.05) is 55.0 Å². The van der Waals surface area contributed by atoms with Crippen molar-refractivity contribution in [1.29, 1.82) is 0 Å². The summed E-state index contributed by atoms with van der Waals surface area (Å²) in [7, 11) is 0. The first kappa shape index (κ1) is 25.3. The van der Waals surface area contributed by atoms with Gasteiger partial charge in [0.15, 0.2) is 0 Å². The third-order valence-corrected chi connectivity index (χ3v) is 6.14. The number of rotatable bonds is 13. The SMILES string of the molecule is CC(CCCC(=O)NCCCCCC(=O)O)NC(=O)OCC1c2ccccc2-c2ccccc21. The molecule has 2 amide bonds. The predicted octanol–water partition coefficient (Wildman–Crippen LogP) is 4.85. The number of aliphatic carboxylic acids is 1. The van der Waals surface area contributed by atoms with E-state index in [1.807, 2.05) is 31.2 Å². The number of benzene rings is 2. The van der Waals surface area contributed by atoms with Crippen molar-refractivity contribution in [2.24, 2.45) is 0 Å². The monoisotopic (exact) mass is 466 g/mol. The van der Waals surface area contributed by atoms with Crippen LogP contribution < -0.4 is 10.6 Å². The molecule has 1 atom stereocenters. The first-order valence-corrected chi connectivity index (χ1v) is 12.1. The maximum absolute atomic E-state index is 12.4. The molecule has 0 radical (unpaired) electrons. The zero-order chi connectivity index (χ0) is 24.3. The summed E-state index contributed by atoms with van der Waals surface area (Å²) < 4.78 is 5.57. The summed E-state index contributed by atoms with van der Waals surface area (Å²) in [5, 5.41) is 14.3. The second-order valence-electron chi connectivity index (χ2n) is 8.82. The molecule has 1 unspecified atom stereocenters. The van der Waals surface area contributed by atoms with Gasteiger partial charge in [0.25, 0.3) is 0 Å². The lowest BCUT2D eigenvalue weighted by atomic mass is 9.98. The van der Waals surface area contributed by atoms with E-state index in [9.17, 15) is 14.4 Å². The average molecular weight is 467 g/mol. The zero-order valence-corrected chi connectivity index (χ0v) is 19.7. The van der Waals surface area contributed by atoms with Crippen molar-refractivity contribution in [3.8, 4) is 11.1 Å². The molecule has 3 rings (SSSR count). The number of ether oxygens (including phenoxy) is 1. The number of amides is 2. The number of carbonyl (C=O) groups excluding carboxylic acids is 2. The highest BCUT2D eigenvalue weighted by Gasteiger charge is 2.29. The number of fused-ring (bicyclic) bond motifs is 3. The predicted molar refractivity (Wildman–Crippen MR) is 131 cm³/mol. The maximum Gasteiger partial charge on any atom is 0.407 e. The molecule has 1 aliphatic rings. The van der Waals surface area contributed by atoms with Crippen LogP contribution in [0.2, 0.25) is 0 Å². The Kier molecular flexibility index (Phi) is 9.50. The Morgan fingerprint density at radius 2 is 1.56 bits per heavy atom. The van der Waals surface area contributed by atoms with E-state index in [-0.39, 0.29) is 30.9 Å². The van der Waals surface area contributed by atoms with Crippen LogP contribution in [0.4, 0.5) is 4.79 Å². The lowest BCUT2D eigenvalue weighted by Crippen LogP contribution is -2.34. The van der Waals surface area contributed by atoms with Crippen LogP contribution in [0.15, 0.2) is 48.5 Å². The van der Waals surface area contributed by atoms with Crippen LogP contribution in [0.5, 0.6) is 0 Å². The van der Waals surface area contributed by atoms with Crippen molar-refractivity contribution >= 4 is 18.0 Å². The molecule has 0 bridgehead atoms. The number of carboxylic acids is 1. The quantitative estimate of drug-likeness (QED) is 0.366. The van der Waals surface area contributed by atoms with Gasteiger partial charge in [-0.25, -0.2) is 4.79 Å². The Bertz CT molecular complexity index is 945. The minimum absolute atomic E-state index is 0.0217. The van der Waals surface area contributed by atoms with Gasteiger partial charge < -0.3 is 20.5 Å². The molecule has 7 nitrogen and oxygen atoms in total. The van der Waals surface area contributed by atoms with Crippen molar-refractivity contribution < 1.29 is 24.2 Å². The summed E-state index contributed by atoms with van der Waals surface area (Å²) in [5.41, 5.74) is 4.74. The number of carboxylic acid groups (broad SMARTS) is 1. The van der Waals surface area contributed by atoms with Crippen LogP contribution in [0.25, 0.3) is 11.1 Å². The van der Waals surface area contributed by atoms with E-state index in [0.717, 1.165) is 12.8 Å². The van der Waals surface area contributed by atoms with Gasteiger partial charge in [0.1, 0.15) is 6.61 Å². The smallest absolute Gasteiger partial charge is 0.407 e. The molecule has 0 aromatic heterocycles. The summed E-state index contributed by atoms with van der Waals surface area (Å²) in [6.07, 6.45) is 3.65. The fourth-order valence-corrected chi connectivity index (χ4v) is 4.38. The van der Waals surface area contributed by atoms with Crippen LogP contribution in [-0.4, -0.2) is 42.3 Å². The van der Waals surface area contributed by atoms with Crippen LogP contribution in [0.1, 0.15) is 68.9 Å². The van der Waals surface area contributed by atoms with Gasteiger partial charge in [-0.05, 0) is 54.9 Å². The number of hydrogen-bond donors (Lipinski definition) is 3. The van der Waals surface area contributed by atoms with Crippen LogP contribution in [0.3, 0.4) is 0 Å². The van der Waals surface area contributed by atoms with Gasteiger partial charge >= 0.3 is 12.1 Å². The van der Waals surface area contributed by atoms with Crippen LogP contribution >= 0.6 is 0 Å². The van der Waals surface area contributed by atoms with Crippen LogP contribution in [-0.2, 0) is 14.3 Å². The summed E-state index contributed by atoms with van der Waals surface area (Å²) in [6, 6.07) is 16.4. The number of nitrogens with one attached hydrogen (secondary N) is 2. The van der Waals surface area contributed by atoms with Gasteiger partial charge in [-0.3, -0.25) is 9.59 Å². The second kappa shape index (κ2) is 12.8.